The van der Waals surface area contributed by atoms with Crippen LogP contribution < -0.4 is 0 Å². The van der Waals surface area contributed by atoms with Gasteiger partial charge in [-0.15, -0.1) is 0 Å². The van der Waals surface area contributed by atoms with Crippen LogP contribution in [0.25, 0.3) is 11.1 Å². The predicted octanol–water partition coefficient (Wildman–Crippen LogP) is 4.10. The van der Waals surface area contributed by atoms with Gasteiger partial charge in [0.05, 0.1) is 23.8 Å². The maximum Gasteiger partial charge on any atom is 0.337 e. The summed E-state index contributed by atoms with van der Waals surface area (Å²) in [4.78, 5) is 13.6. The van der Waals surface area contributed by atoms with Crippen molar-refractivity contribution < 1.29 is 14.6 Å². The number of carboxylic acids is 1. The minimum Gasteiger partial charge on any atom is -0.478 e. The van der Waals surface area contributed by atoms with E-state index in [4.69, 9.17) is 16.3 Å². The van der Waals surface area contributed by atoms with E-state index in [0.717, 1.165) is 37.4 Å². The number of halogens is 1. The SMILES string of the molecule is C[C@H](c1ccc(-c2ccc(Cl)c(C(=O)O)c2)cc1)N1CCOCC1. The third-order valence-corrected chi connectivity index (χ3v) is 4.85. The van der Waals surface area contributed by atoms with Crippen LogP contribution in [0.1, 0.15) is 28.9 Å². The average molecular weight is 346 g/mol. The molecule has 2 aromatic carbocycles. The topological polar surface area (TPSA) is 49.8 Å². The highest BCUT2D eigenvalue weighted by atomic mass is 35.5. The molecule has 0 unspecified atom stereocenters. The van der Waals surface area contributed by atoms with Crippen LogP contribution >= 0.6 is 11.6 Å². The predicted molar refractivity (Wildman–Crippen MR) is 94.7 cm³/mol. The van der Waals surface area contributed by atoms with Crippen molar-refractivity contribution in [3.05, 3.63) is 58.6 Å². The van der Waals surface area contributed by atoms with Crippen molar-refractivity contribution in [1.82, 2.24) is 4.90 Å². The van der Waals surface area contributed by atoms with Gasteiger partial charge < -0.3 is 9.84 Å². The lowest BCUT2D eigenvalue weighted by Crippen LogP contribution is -2.37. The van der Waals surface area contributed by atoms with E-state index in [-0.39, 0.29) is 10.6 Å². The summed E-state index contributed by atoms with van der Waals surface area (Å²) < 4.78 is 5.40. The molecule has 5 heteroatoms. The van der Waals surface area contributed by atoms with Crippen molar-refractivity contribution in [2.45, 2.75) is 13.0 Å². The lowest BCUT2D eigenvalue weighted by atomic mass is 9.99. The second kappa shape index (κ2) is 7.34. The first kappa shape index (κ1) is 17.0. The minimum absolute atomic E-state index is 0.125. The smallest absolute Gasteiger partial charge is 0.337 e. The minimum atomic E-state index is -1.01. The van der Waals surface area contributed by atoms with Gasteiger partial charge in [-0.2, -0.15) is 0 Å². The number of morpholine rings is 1. The number of ether oxygens (including phenoxy) is 1. The fraction of sp³-hybridized carbons (Fsp3) is 0.316. The Labute approximate surface area is 146 Å². The largest absolute Gasteiger partial charge is 0.478 e. The molecule has 0 saturated carbocycles. The van der Waals surface area contributed by atoms with E-state index in [9.17, 15) is 9.90 Å². The van der Waals surface area contributed by atoms with Crippen LogP contribution in [-0.4, -0.2) is 42.3 Å². The Morgan fingerprint density at radius 3 is 2.38 bits per heavy atom. The highest BCUT2D eigenvalue weighted by Crippen LogP contribution is 2.28. The van der Waals surface area contributed by atoms with Crippen molar-refractivity contribution in [2.75, 3.05) is 26.3 Å². The number of benzene rings is 2. The maximum atomic E-state index is 11.2. The molecule has 0 radical (unpaired) electrons. The molecule has 4 nitrogen and oxygen atoms in total. The average Bonchev–Trinajstić information content (AvgIpc) is 2.62. The quantitative estimate of drug-likeness (QED) is 0.906. The second-order valence-corrected chi connectivity index (χ2v) is 6.35. The fourth-order valence-electron chi connectivity index (χ4n) is 3.00. The maximum absolute atomic E-state index is 11.2. The van der Waals surface area contributed by atoms with Crippen molar-refractivity contribution in [2.24, 2.45) is 0 Å². The Kier molecular flexibility index (Phi) is 5.19. The van der Waals surface area contributed by atoms with E-state index in [2.05, 4.69) is 24.0 Å². The van der Waals surface area contributed by atoms with Crippen LogP contribution in [0.2, 0.25) is 5.02 Å². The summed E-state index contributed by atoms with van der Waals surface area (Å²) in [5, 5.41) is 9.45. The summed E-state index contributed by atoms with van der Waals surface area (Å²) in [5.41, 5.74) is 3.20. The number of carbonyl (C=O) groups is 1. The van der Waals surface area contributed by atoms with Gasteiger partial charge in [0.15, 0.2) is 0 Å². The molecule has 1 aliphatic heterocycles. The summed E-state index contributed by atoms with van der Waals surface area (Å²) in [7, 11) is 0. The fourth-order valence-corrected chi connectivity index (χ4v) is 3.20. The molecule has 126 valence electrons. The highest BCUT2D eigenvalue weighted by Gasteiger charge is 2.18. The van der Waals surface area contributed by atoms with Gasteiger partial charge in [-0.3, -0.25) is 4.90 Å². The highest BCUT2D eigenvalue weighted by molar-refractivity contribution is 6.33. The number of carboxylic acid groups (broad SMARTS) is 1. The van der Waals surface area contributed by atoms with Crippen LogP contribution in [0.15, 0.2) is 42.5 Å². The summed E-state index contributed by atoms with van der Waals surface area (Å²) in [6.45, 7) is 5.66. The Morgan fingerprint density at radius 1 is 1.12 bits per heavy atom. The molecule has 3 rings (SSSR count). The van der Waals surface area contributed by atoms with Crippen molar-refractivity contribution in [3.63, 3.8) is 0 Å². The molecule has 0 amide bonds. The van der Waals surface area contributed by atoms with E-state index in [1.165, 1.54) is 5.56 Å². The Balaban J connectivity index is 1.81. The van der Waals surface area contributed by atoms with Gasteiger partial charge in [-0.1, -0.05) is 41.9 Å². The van der Waals surface area contributed by atoms with Gasteiger partial charge in [0.2, 0.25) is 0 Å². The lowest BCUT2D eigenvalue weighted by molar-refractivity contribution is 0.0198. The van der Waals surface area contributed by atoms with Gasteiger partial charge >= 0.3 is 5.97 Å². The molecule has 1 fully saturated rings. The first-order valence-corrected chi connectivity index (χ1v) is 8.39. The number of aromatic carboxylic acids is 1. The third kappa shape index (κ3) is 3.61. The summed E-state index contributed by atoms with van der Waals surface area (Å²) in [5.74, 6) is -1.01. The van der Waals surface area contributed by atoms with E-state index < -0.39 is 5.97 Å². The standard InChI is InChI=1S/C19H20ClNO3/c1-13(21-8-10-24-11-9-21)14-2-4-15(5-3-14)16-6-7-18(20)17(12-16)19(22)23/h2-7,12-13H,8-11H2,1H3,(H,22,23)/t13-/m1/s1. The van der Waals surface area contributed by atoms with Crippen molar-refractivity contribution >= 4 is 17.6 Å². The van der Waals surface area contributed by atoms with Crippen LogP contribution in [-0.2, 0) is 4.74 Å². The van der Waals surface area contributed by atoms with Gasteiger partial charge in [0.1, 0.15) is 0 Å². The summed E-state index contributed by atoms with van der Waals surface area (Å²) >= 11 is 5.93. The van der Waals surface area contributed by atoms with Crippen molar-refractivity contribution in [3.8, 4) is 11.1 Å². The van der Waals surface area contributed by atoms with E-state index in [0.29, 0.717) is 6.04 Å². The van der Waals surface area contributed by atoms with E-state index >= 15 is 0 Å². The summed E-state index contributed by atoms with van der Waals surface area (Å²) in [6, 6.07) is 13.7. The molecule has 1 atom stereocenters. The van der Waals surface area contributed by atoms with Gasteiger partial charge in [0.25, 0.3) is 0 Å². The normalized spacial score (nSPS) is 16.8. The molecule has 24 heavy (non-hydrogen) atoms. The Morgan fingerprint density at radius 2 is 1.75 bits per heavy atom. The molecule has 0 bridgehead atoms. The zero-order valence-corrected chi connectivity index (χ0v) is 14.3. The molecule has 1 saturated heterocycles. The number of nitrogens with zero attached hydrogens (tertiary/aromatic N) is 1. The van der Waals surface area contributed by atoms with Gasteiger partial charge in [0, 0.05) is 19.1 Å². The zero-order chi connectivity index (χ0) is 17.1. The van der Waals surface area contributed by atoms with E-state index in [1.54, 1.807) is 12.1 Å². The Hall–Kier alpha value is -1.88. The molecule has 0 aliphatic carbocycles. The number of hydrogen-bond acceptors (Lipinski definition) is 3. The van der Waals surface area contributed by atoms with Gasteiger partial charge in [-0.25, -0.2) is 4.79 Å². The van der Waals surface area contributed by atoms with Crippen LogP contribution in [0, 0.1) is 0 Å². The molecule has 1 N–H and O–H groups in total. The first-order chi connectivity index (χ1) is 11.6. The monoisotopic (exact) mass is 345 g/mol. The molecule has 1 aliphatic rings. The van der Waals surface area contributed by atoms with Crippen LogP contribution in [0.5, 0.6) is 0 Å². The molecular formula is C19H20ClNO3. The van der Waals surface area contributed by atoms with Gasteiger partial charge in [-0.05, 0) is 35.7 Å². The molecule has 2 aromatic rings. The number of hydrogen-bond donors (Lipinski definition) is 1. The molecular weight excluding hydrogens is 326 g/mol. The Bertz CT molecular complexity index is 724. The second-order valence-electron chi connectivity index (χ2n) is 5.95. The zero-order valence-electron chi connectivity index (χ0n) is 13.5. The molecule has 1 heterocycles. The van der Waals surface area contributed by atoms with Crippen LogP contribution in [0.3, 0.4) is 0 Å². The third-order valence-electron chi connectivity index (χ3n) is 4.52. The summed E-state index contributed by atoms with van der Waals surface area (Å²) in [6.07, 6.45) is 0. The van der Waals surface area contributed by atoms with E-state index in [1.807, 2.05) is 18.2 Å². The van der Waals surface area contributed by atoms with Crippen LogP contribution in [0.4, 0.5) is 0 Å². The molecule has 0 spiro atoms. The first-order valence-electron chi connectivity index (χ1n) is 8.01. The molecule has 0 aromatic heterocycles. The lowest BCUT2D eigenvalue weighted by Gasteiger charge is -2.32. The number of rotatable bonds is 4. The van der Waals surface area contributed by atoms with Crippen molar-refractivity contribution in [1.29, 1.82) is 0 Å².